The van der Waals surface area contributed by atoms with Crippen LogP contribution in [0.1, 0.15) is 5.56 Å². The maximum Gasteiger partial charge on any atom is 0.124 e. The summed E-state index contributed by atoms with van der Waals surface area (Å²) in [6.07, 6.45) is 1.66. The van der Waals surface area contributed by atoms with E-state index < -0.39 is 0 Å². The van der Waals surface area contributed by atoms with Crippen LogP contribution >= 0.6 is 0 Å². The summed E-state index contributed by atoms with van der Waals surface area (Å²) in [6, 6.07) is 16.7. The van der Waals surface area contributed by atoms with Crippen LogP contribution in [0.2, 0.25) is 0 Å². The minimum Gasteiger partial charge on any atom is -0.507 e. The Labute approximate surface area is 105 Å². The average Bonchev–Trinajstić information content (AvgIpc) is 2.29. The van der Waals surface area contributed by atoms with Gasteiger partial charge in [-0.2, -0.15) is 0 Å². The zero-order chi connectivity index (χ0) is 10.5. The van der Waals surface area contributed by atoms with Gasteiger partial charge in [-0.05, 0) is 24.3 Å². The summed E-state index contributed by atoms with van der Waals surface area (Å²) in [5, 5.41) is 9.50. The fourth-order valence-corrected chi connectivity index (χ4v) is 1.25. The van der Waals surface area contributed by atoms with Crippen molar-refractivity contribution in [3.8, 4) is 5.75 Å². The van der Waals surface area contributed by atoms with E-state index in [0.29, 0.717) is 0 Å². The quantitative estimate of drug-likeness (QED) is 0.653. The fourth-order valence-electron chi connectivity index (χ4n) is 1.25. The minimum atomic E-state index is 0. The number of hydrogen-bond acceptors (Lipinski definition) is 2. The van der Waals surface area contributed by atoms with Gasteiger partial charge in [0.05, 0.1) is 5.69 Å². The Morgan fingerprint density at radius 3 is 2.19 bits per heavy atom. The molecule has 2 rings (SSSR count). The second-order valence-electron chi connectivity index (χ2n) is 3.15. The van der Waals surface area contributed by atoms with Crippen LogP contribution in [0.15, 0.2) is 59.6 Å². The molecular formula is C13H11CuNO. The summed E-state index contributed by atoms with van der Waals surface area (Å²) in [5.74, 6) is 0.247. The maximum absolute atomic E-state index is 9.50. The van der Waals surface area contributed by atoms with Gasteiger partial charge in [0.1, 0.15) is 5.75 Å². The van der Waals surface area contributed by atoms with Crippen LogP contribution in [0, 0.1) is 0 Å². The molecule has 2 aromatic carbocycles. The number of phenolic OH excluding ortho intramolecular Hbond substituents is 1. The van der Waals surface area contributed by atoms with Gasteiger partial charge in [-0.1, -0.05) is 30.3 Å². The molecule has 85 valence electrons. The van der Waals surface area contributed by atoms with Gasteiger partial charge in [0.15, 0.2) is 0 Å². The minimum absolute atomic E-state index is 0. The number of nitrogens with zero attached hydrogens (tertiary/aromatic N) is 1. The van der Waals surface area contributed by atoms with Gasteiger partial charge in [0.25, 0.3) is 0 Å². The third-order valence-corrected chi connectivity index (χ3v) is 2.05. The van der Waals surface area contributed by atoms with E-state index in [4.69, 9.17) is 0 Å². The molecule has 0 bridgehead atoms. The van der Waals surface area contributed by atoms with E-state index in [0.717, 1.165) is 11.3 Å². The summed E-state index contributed by atoms with van der Waals surface area (Å²) in [5.41, 5.74) is 1.60. The Kier molecular flexibility index (Phi) is 4.77. The summed E-state index contributed by atoms with van der Waals surface area (Å²) in [6.45, 7) is 0. The smallest absolute Gasteiger partial charge is 0.124 e. The van der Waals surface area contributed by atoms with E-state index in [9.17, 15) is 5.11 Å². The molecule has 0 aliphatic carbocycles. The van der Waals surface area contributed by atoms with Crippen molar-refractivity contribution in [2.24, 2.45) is 4.99 Å². The topological polar surface area (TPSA) is 32.6 Å². The molecule has 0 aromatic heterocycles. The first-order valence-corrected chi connectivity index (χ1v) is 4.73. The second kappa shape index (κ2) is 6.11. The second-order valence-corrected chi connectivity index (χ2v) is 3.15. The van der Waals surface area contributed by atoms with Gasteiger partial charge in [-0.15, -0.1) is 0 Å². The van der Waals surface area contributed by atoms with E-state index in [1.54, 1.807) is 18.3 Å². The van der Waals surface area contributed by atoms with E-state index in [-0.39, 0.29) is 22.8 Å². The molecule has 0 atom stereocenters. The Balaban J connectivity index is 0.00000128. The number of para-hydroxylation sites is 2. The molecule has 0 saturated heterocycles. The molecule has 0 amide bonds. The third-order valence-electron chi connectivity index (χ3n) is 2.05. The molecule has 1 radical (unpaired) electrons. The average molecular weight is 261 g/mol. The number of benzene rings is 2. The van der Waals surface area contributed by atoms with Crippen molar-refractivity contribution in [3.63, 3.8) is 0 Å². The first-order valence-electron chi connectivity index (χ1n) is 4.73. The van der Waals surface area contributed by atoms with Crippen molar-refractivity contribution in [2.45, 2.75) is 0 Å². The predicted molar refractivity (Wildman–Crippen MR) is 61.8 cm³/mol. The van der Waals surface area contributed by atoms with Gasteiger partial charge in [-0.3, -0.25) is 4.99 Å². The summed E-state index contributed by atoms with van der Waals surface area (Å²) < 4.78 is 0. The molecule has 0 fully saturated rings. The molecule has 0 spiro atoms. The number of aromatic hydroxyl groups is 1. The Morgan fingerprint density at radius 2 is 1.50 bits per heavy atom. The molecule has 16 heavy (non-hydrogen) atoms. The van der Waals surface area contributed by atoms with Crippen molar-refractivity contribution >= 4 is 11.9 Å². The van der Waals surface area contributed by atoms with Crippen LogP contribution in [0.4, 0.5) is 5.69 Å². The third kappa shape index (κ3) is 3.23. The predicted octanol–water partition coefficient (Wildman–Crippen LogP) is 3.14. The monoisotopic (exact) mass is 260 g/mol. The zero-order valence-electron chi connectivity index (χ0n) is 8.47. The van der Waals surface area contributed by atoms with Crippen LogP contribution < -0.4 is 0 Å². The van der Waals surface area contributed by atoms with Crippen molar-refractivity contribution in [3.05, 3.63) is 60.2 Å². The molecule has 2 aromatic rings. The SMILES string of the molecule is Oc1ccccc1C=Nc1ccccc1.[Cu]. The van der Waals surface area contributed by atoms with Crippen molar-refractivity contribution in [2.75, 3.05) is 0 Å². The Morgan fingerprint density at radius 1 is 0.875 bits per heavy atom. The molecule has 0 saturated carbocycles. The standard InChI is InChI=1S/C13H11NO.Cu/c15-13-9-5-4-6-11(13)10-14-12-7-2-1-3-8-12;/h1-10,15H;. The summed E-state index contributed by atoms with van der Waals surface area (Å²) in [7, 11) is 0. The zero-order valence-corrected chi connectivity index (χ0v) is 9.41. The molecule has 0 aliphatic rings. The largest absolute Gasteiger partial charge is 0.507 e. The molecule has 2 nitrogen and oxygen atoms in total. The van der Waals surface area contributed by atoms with E-state index in [2.05, 4.69) is 4.99 Å². The van der Waals surface area contributed by atoms with E-state index >= 15 is 0 Å². The number of hydrogen-bond donors (Lipinski definition) is 1. The number of phenols is 1. The van der Waals surface area contributed by atoms with Crippen LogP contribution in [0.5, 0.6) is 5.75 Å². The summed E-state index contributed by atoms with van der Waals surface area (Å²) in [4.78, 5) is 4.25. The molecule has 0 unspecified atom stereocenters. The van der Waals surface area contributed by atoms with Gasteiger partial charge in [0.2, 0.25) is 0 Å². The van der Waals surface area contributed by atoms with E-state index in [1.165, 1.54) is 0 Å². The number of aliphatic imine (C=N–C) groups is 1. The Bertz CT molecular complexity index is 468. The molecule has 0 aliphatic heterocycles. The molecule has 3 heteroatoms. The fraction of sp³-hybridized carbons (Fsp3) is 0. The molecule has 1 N–H and O–H groups in total. The van der Waals surface area contributed by atoms with Crippen LogP contribution in [-0.4, -0.2) is 11.3 Å². The van der Waals surface area contributed by atoms with Gasteiger partial charge in [0, 0.05) is 28.8 Å². The van der Waals surface area contributed by atoms with Crippen molar-refractivity contribution in [1.29, 1.82) is 0 Å². The maximum atomic E-state index is 9.50. The van der Waals surface area contributed by atoms with Crippen molar-refractivity contribution in [1.82, 2.24) is 0 Å². The normalized spacial score (nSPS) is 10.0. The van der Waals surface area contributed by atoms with Crippen LogP contribution in [0.3, 0.4) is 0 Å². The van der Waals surface area contributed by atoms with E-state index in [1.807, 2.05) is 42.5 Å². The Hall–Kier alpha value is -1.57. The molecule has 0 heterocycles. The first kappa shape index (κ1) is 12.5. The van der Waals surface area contributed by atoms with Gasteiger partial charge in [-0.25, -0.2) is 0 Å². The number of rotatable bonds is 2. The summed E-state index contributed by atoms with van der Waals surface area (Å²) >= 11 is 0. The van der Waals surface area contributed by atoms with Gasteiger partial charge < -0.3 is 5.11 Å². The van der Waals surface area contributed by atoms with Crippen molar-refractivity contribution < 1.29 is 22.2 Å². The van der Waals surface area contributed by atoms with Gasteiger partial charge >= 0.3 is 0 Å². The first-order chi connectivity index (χ1) is 7.36. The van der Waals surface area contributed by atoms with Crippen LogP contribution in [0.25, 0.3) is 0 Å². The molecular weight excluding hydrogens is 250 g/mol. The van der Waals surface area contributed by atoms with Crippen LogP contribution in [-0.2, 0) is 17.1 Å².